The molecule has 1 saturated carbocycles. The minimum absolute atomic E-state index is 0.160. The van der Waals surface area contributed by atoms with Gasteiger partial charge in [-0.2, -0.15) is 0 Å². The molecule has 1 aromatic rings. The standard InChI is InChI=1S/C11H12BrFO/c12-8-2-4-11(13)10(6-8)7-1-3-9(14)5-7/h2,4,6-7,9,14H,1,3,5H2. The maximum absolute atomic E-state index is 13.4. The second kappa shape index (κ2) is 3.99. The zero-order chi connectivity index (χ0) is 10.1. The van der Waals surface area contributed by atoms with Gasteiger partial charge in [0.1, 0.15) is 5.82 Å². The van der Waals surface area contributed by atoms with Crippen LogP contribution >= 0.6 is 15.9 Å². The molecule has 1 aliphatic carbocycles. The summed E-state index contributed by atoms with van der Waals surface area (Å²) in [7, 11) is 0. The zero-order valence-corrected chi connectivity index (χ0v) is 9.30. The van der Waals surface area contributed by atoms with Gasteiger partial charge < -0.3 is 5.11 Å². The van der Waals surface area contributed by atoms with Crippen molar-refractivity contribution in [2.24, 2.45) is 0 Å². The fraction of sp³-hybridized carbons (Fsp3) is 0.455. The zero-order valence-electron chi connectivity index (χ0n) is 7.71. The first kappa shape index (κ1) is 10.1. The molecule has 0 bridgehead atoms. The predicted octanol–water partition coefficient (Wildman–Crippen LogP) is 3.22. The molecule has 14 heavy (non-hydrogen) atoms. The van der Waals surface area contributed by atoms with Crippen molar-refractivity contribution in [3.63, 3.8) is 0 Å². The molecule has 1 aliphatic rings. The highest BCUT2D eigenvalue weighted by molar-refractivity contribution is 9.10. The number of hydrogen-bond donors (Lipinski definition) is 1. The lowest BCUT2D eigenvalue weighted by molar-refractivity contribution is 0.181. The molecule has 0 aromatic heterocycles. The van der Waals surface area contributed by atoms with E-state index in [9.17, 15) is 9.50 Å². The van der Waals surface area contributed by atoms with Crippen LogP contribution in [0.3, 0.4) is 0 Å². The van der Waals surface area contributed by atoms with Crippen LogP contribution in [0.25, 0.3) is 0 Å². The van der Waals surface area contributed by atoms with Crippen molar-refractivity contribution in [3.05, 3.63) is 34.1 Å². The Morgan fingerprint density at radius 1 is 1.36 bits per heavy atom. The monoisotopic (exact) mass is 258 g/mol. The minimum atomic E-state index is -0.251. The van der Waals surface area contributed by atoms with Gasteiger partial charge in [0.15, 0.2) is 0 Å². The van der Waals surface area contributed by atoms with Crippen LogP contribution in [0.2, 0.25) is 0 Å². The van der Waals surface area contributed by atoms with Crippen molar-refractivity contribution in [3.8, 4) is 0 Å². The lowest BCUT2D eigenvalue weighted by atomic mass is 9.97. The highest BCUT2D eigenvalue weighted by Gasteiger charge is 2.26. The first-order valence-corrected chi connectivity index (χ1v) is 5.59. The number of aliphatic hydroxyl groups excluding tert-OH is 1. The summed E-state index contributed by atoms with van der Waals surface area (Å²) in [5.74, 6) is 0.0230. The number of aliphatic hydroxyl groups is 1. The van der Waals surface area contributed by atoms with Gasteiger partial charge in [-0.25, -0.2) is 4.39 Å². The van der Waals surface area contributed by atoms with Gasteiger partial charge in [0.25, 0.3) is 0 Å². The molecule has 0 aliphatic heterocycles. The lowest BCUT2D eigenvalue weighted by Crippen LogP contribution is -2.01. The number of benzene rings is 1. The van der Waals surface area contributed by atoms with Crippen LogP contribution in [-0.4, -0.2) is 11.2 Å². The second-order valence-corrected chi connectivity index (χ2v) is 4.75. The Labute approximate surface area is 91.1 Å². The molecular weight excluding hydrogens is 247 g/mol. The van der Waals surface area contributed by atoms with Gasteiger partial charge in [0.05, 0.1) is 6.10 Å². The molecule has 76 valence electrons. The summed E-state index contributed by atoms with van der Waals surface area (Å²) in [6.07, 6.45) is 2.11. The van der Waals surface area contributed by atoms with Gasteiger partial charge in [-0.1, -0.05) is 15.9 Å². The van der Waals surface area contributed by atoms with E-state index in [1.54, 1.807) is 6.07 Å². The van der Waals surface area contributed by atoms with Crippen molar-refractivity contribution >= 4 is 15.9 Å². The molecule has 0 heterocycles. The maximum Gasteiger partial charge on any atom is 0.126 e. The van der Waals surface area contributed by atoms with Crippen molar-refractivity contribution in [1.82, 2.24) is 0 Å². The van der Waals surface area contributed by atoms with Gasteiger partial charge in [-0.3, -0.25) is 0 Å². The van der Waals surface area contributed by atoms with Crippen molar-refractivity contribution in [2.45, 2.75) is 31.3 Å². The van der Waals surface area contributed by atoms with Crippen LogP contribution in [-0.2, 0) is 0 Å². The maximum atomic E-state index is 13.4. The van der Waals surface area contributed by atoms with Crippen LogP contribution < -0.4 is 0 Å². The summed E-state index contributed by atoms with van der Waals surface area (Å²) in [5.41, 5.74) is 0.732. The smallest absolute Gasteiger partial charge is 0.126 e. The average Bonchev–Trinajstić information content (AvgIpc) is 2.56. The van der Waals surface area contributed by atoms with Crippen LogP contribution in [0, 0.1) is 5.82 Å². The van der Waals surface area contributed by atoms with E-state index in [-0.39, 0.29) is 17.8 Å². The Hall–Kier alpha value is -0.410. The van der Waals surface area contributed by atoms with Gasteiger partial charge in [-0.05, 0) is 48.9 Å². The van der Waals surface area contributed by atoms with E-state index >= 15 is 0 Å². The van der Waals surface area contributed by atoms with E-state index in [1.807, 2.05) is 6.07 Å². The molecule has 3 heteroatoms. The first-order chi connectivity index (χ1) is 6.66. The summed E-state index contributed by atoms with van der Waals surface area (Å²) in [6, 6.07) is 4.99. The quantitative estimate of drug-likeness (QED) is 0.821. The molecule has 0 saturated heterocycles. The minimum Gasteiger partial charge on any atom is -0.393 e. The highest BCUT2D eigenvalue weighted by Crippen LogP contribution is 2.36. The molecule has 2 unspecified atom stereocenters. The highest BCUT2D eigenvalue weighted by atomic mass is 79.9. The molecule has 1 nitrogen and oxygen atoms in total. The normalized spacial score (nSPS) is 26.8. The topological polar surface area (TPSA) is 20.2 Å². The molecule has 1 aromatic carbocycles. The molecular formula is C11H12BrFO. The third-order valence-corrected chi connectivity index (χ3v) is 3.30. The Morgan fingerprint density at radius 3 is 2.79 bits per heavy atom. The SMILES string of the molecule is OC1CCC(c2cc(Br)ccc2F)C1. The van der Waals surface area contributed by atoms with E-state index in [0.29, 0.717) is 6.42 Å². The van der Waals surface area contributed by atoms with Crippen LogP contribution in [0.15, 0.2) is 22.7 Å². The number of halogens is 2. The van der Waals surface area contributed by atoms with Crippen molar-refractivity contribution in [1.29, 1.82) is 0 Å². The van der Waals surface area contributed by atoms with Crippen molar-refractivity contribution in [2.75, 3.05) is 0 Å². The fourth-order valence-corrected chi connectivity index (χ4v) is 2.45. The lowest BCUT2D eigenvalue weighted by Gasteiger charge is -2.11. The first-order valence-electron chi connectivity index (χ1n) is 4.80. The predicted molar refractivity (Wildman–Crippen MR) is 56.7 cm³/mol. The third kappa shape index (κ3) is 1.98. The Morgan fingerprint density at radius 2 is 2.14 bits per heavy atom. The van der Waals surface area contributed by atoms with E-state index in [2.05, 4.69) is 15.9 Å². The van der Waals surface area contributed by atoms with E-state index in [4.69, 9.17) is 0 Å². The van der Waals surface area contributed by atoms with Gasteiger partial charge in [0, 0.05) is 4.47 Å². The summed E-state index contributed by atoms with van der Waals surface area (Å²) in [6.45, 7) is 0. The van der Waals surface area contributed by atoms with E-state index in [1.165, 1.54) is 6.07 Å². The molecule has 2 atom stereocenters. The summed E-state index contributed by atoms with van der Waals surface area (Å²) >= 11 is 3.33. The Kier molecular flexibility index (Phi) is 2.88. The van der Waals surface area contributed by atoms with E-state index < -0.39 is 0 Å². The number of rotatable bonds is 1. The Bertz CT molecular complexity index is 340. The van der Waals surface area contributed by atoms with Crippen LogP contribution in [0.5, 0.6) is 0 Å². The number of hydrogen-bond acceptors (Lipinski definition) is 1. The molecule has 1 N–H and O–H groups in total. The average molecular weight is 259 g/mol. The fourth-order valence-electron chi connectivity index (χ4n) is 2.07. The van der Waals surface area contributed by atoms with Gasteiger partial charge >= 0.3 is 0 Å². The summed E-state index contributed by atoms with van der Waals surface area (Å²) in [5, 5.41) is 9.39. The molecule has 0 amide bonds. The summed E-state index contributed by atoms with van der Waals surface area (Å²) in [4.78, 5) is 0. The molecule has 0 spiro atoms. The summed E-state index contributed by atoms with van der Waals surface area (Å²) < 4.78 is 14.3. The Balaban J connectivity index is 2.27. The third-order valence-electron chi connectivity index (χ3n) is 2.80. The second-order valence-electron chi connectivity index (χ2n) is 3.83. The van der Waals surface area contributed by atoms with Crippen LogP contribution in [0.4, 0.5) is 4.39 Å². The van der Waals surface area contributed by atoms with Crippen molar-refractivity contribution < 1.29 is 9.50 Å². The van der Waals surface area contributed by atoms with Gasteiger partial charge in [-0.15, -0.1) is 0 Å². The molecule has 1 fully saturated rings. The van der Waals surface area contributed by atoms with Gasteiger partial charge in [0.2, 0.25) is 0 Å². The largest absolute Gasteiger partial charge is 0.393 e. The molecule has 2 rings (SSSR count). The molecule has 0 radical (unpaired) electrons. The van der Waals surface area contributed by atoms with E-state index in [0.717, 1.165) is 22.9 Å². The van der Waals surface area contributed by atoms with Crippen LogP contribution in [0.1, 0.15) is 30.7 Å².